The maximum atomic E-state index is 9.60. The summed E-state index contributed by atoms with van der Waals surface area (Å²) < 4.78 is 16.7. The number of ether oxygens (including phenoxy) is 3. The minimum Gasteiger partial charge on any atom is -0.496 e. The predicted octanol–water partition coefficient (Wildman–Crippen LogP) is 3.51. The van der Waals surface area contributed by atoms with Crippen LogP contribution >= 0.6 is 0 Å². The molecule has 114 valence electrons. The summed E-state index contributed by atoms with van der Waals surface area (Å²) in [6.07, 6.45) is 0. The Balaban J connectivity index is 2.58. The number of aliphatic hydroxyl groups excluding tert-OH is 1. The maximum absolute atomic E-state index is 9.60. The average Bonchev–Trinajstić information content (AvgIpc) is 2.58. The van der Waals surface area contributed by atoms with Gasteiger partial charge in [0.25, 0.3) is 0 Å². The highest BCUT2D eigenvalue weighted by Gasteiger charge is 2.19. The van der Waals surface area contributed by atoms with Crippen LogP contribution in [-0.4, -0.2) is 26.4 Å². The van der Waals surface area contributed by atoms with Gasteiger partial charge >= 0.3 is 0 Å². The van der Waals surface area contributed by atoms with Gasteiger partial charge in [-0.15, -0.1) is 0 Å². The molecule has 0 atom stereocenters. The third-order valence-electron chi connectivity index (χ3n) is 3.89. The van der Waals surface area contributed by atoms with Crippen molar-refractivity contribution in [2.24, 2.45) is 0 Å². The van der Waals surface area contributed by atoms with E-state index in [1.807, 2.05) is 30.3 Å². The lowest BCUT2D eigenvalue weighted by molar-refractivity contribution is 0.273. The van der Waals surface area contributed by atoms with Gasteiger partial charge < -0.3 is 19.3 Å². The normalized spacial score (nSPS) is 10.9. The first kappa shape index (κ1) is 14.5. The summed E-state index contributed by atoms with van der Waals surface area (Å²) in [6, 6.07) is 11.8. The number of methoxy groups -OCH3 is 3. The van der Waals surface area contributed by atoms with Gasteiger partial charge in [-0.25, -0.2) is 0 Å². The Hall–Kier alpha value is -2.46. The van der Waals surface area contributed by atoms with Crippen molar-refractivity contribution in [3.8, 4) is 17.2 Å². The zero-order valence-corrected chi connectivity index (χ0v) is 12.8. The molecule has 1 N–H and O–H groups in total. The van der Waals surface area contributed by atoms with Crippen molar-refractivity contribution in [1.29, 1.82) is 0 Å². The molecule has 0 spiro atoms. The molecular weight excluding hydrogens is 280 g/mol. The molecule has 0 radical (unpaired) electrons. The average molecular weight is 298 g/mol. The van der Waals surface area contributed by atoms with Crippen LogP contribution < -0.4 is 14.2 Å². The Labute approximate surface area is 128 Å². The van der Waals surface area contributed by atoms with E-state index in [9.17, 15) is 5.11 Å². The van der Waals surface area contributed by atoms with E-state index in [1.54, 1.807) is 27.4 Å². The van der Waals surface area contributed by atoms with Gasteiger partial charge in [0.05, 0.1) is 33.3 Å². The first-order valence-corrected chi connectivity index (χ1v) is 6.99. The van der Waals surface area contributed by atoms with Crippen LogP contribution in [0.4, 0.5) is 0 Å². The predicted molar refractivity (Wildman–Crippen MR) is 87.0 cm³/mol. The summed E-state index contributed by atoms with van der Waals surface area (Å²) in [5.74, 6) is 2.04. The van der Waals surface area contributed by atoms with E-state index >= 15 is 0 Å². The fourth-order valence-electron chi connectivity index (χ4n) is 2.94. The van der Waals surface area contributed by atoms with E-state index in [0.29, 0.717) is 17.1 Å². The molecule has 0 fully saturated rings. The highest BCUT2D eigenvalue weighted by molar-refractivity contribution is 6.10. The second-order valence-electron chi connectivity index (χ2n) is 4.98. The Morgan fingerprint density at radius 2 is 1.59 bits per heavy atom. The van der Waals surface area contributed by atoms with Gasteiger partial charge in [-0.3, -0.25) is 0 Å². The molecule has 0 amide bonds. The van der Waals surface area contributed by atoms with Crippen molar-refractivity contribution in [1.82, 2.24) is 0 Å². The lowest BCUT2D eigenvalue weighted by Crippen LogP contribution is -1.98. The van der Waals surface area contributed by atoms with Gasteiger partial charge in [-0.2, -0.15) is 0 Å². The SMILES string of the molecule is COc1c(CO)cc(OC)c2c(OC)c3ccccc3cc12. The van der Waals surface area contributed by atoms with Crippen molar-refractivity contribution in [2.45, 2.75) is 6.61 Å². The van der Waals surface area contributed by atoms with Crippen LogP contribution in [0.25, 0.3) is 21.5 Å². The van der Waals surface area contributed by atoms with E-state index in [0.717, 1.165) is 27.3 Å². The van der Waals surface area contributed by atoms with E-state index in [4.69, 9.17) is 14.2 Å². The van der Waals surface area contributed by atoms with Crippen LogP contribution in [0.1, 0.15) is 5.56 Å². The quantitative estimate of drug-likeness (QED) is 0.749. The molecule has 0 aromatic heterocycles. The van der Waals surface area contributed by atoms with Crippen LogP contribution in [0.15, 0.2) is 36.4 Å². The summed E-state index contributed by atoms with van der Waals surface area (Å²) in [4.78, 5) is 0. The lowest BCUT2D eigenvalue weighted by Gasteiger charge is -2.17. The fraction of sp³-hybridized carbons (Fsp3) is 0.222. The Bertz CT molecular complexity index is 839. The molecule has 0 aliphatic heterocycles. The van der Waals surface area contributed by atoms with Crippen molar-refractivity contribution in [3.63, 3.8) is 0 Å². The zero-order chi connectivity index (χ0) is 15.7. The van der Waals surface area contributed by atoms with Crippen LogP contribution in [0.2, 0.25) is 0 Å². The molecule has 3 aromatic rings. The zero-order valence-electron chi connectivity index (χ0n) is 12.8. The fourth-order valence-corrected chi connectivity index (χ4v) is 2.94. The lowest BCUT2D eigenvalue weighted by atomic mass is 9.98. The Kier molecular flexibility index (Phi) is 3.77. The third-order valence-corrected chi connectivity index (χ3v) is 3.89. The Morgan fingerprint density at radius 1 is 0.864 bits per heavy atom. The molecule has 4 heteroatoms. The van der Waals surface area contributed by atoms with E-state index in [1.165, 1.54) is 0 Å². The molecule has 0 bridgehead atoms. The molecular formula is C18H18O4. The van der Waals surface area contributed by atoms with Crippen LogP contribution in [0.5, 0.6) is 17.2 Å². The van der Waals surface area contributed by atoms with Gasteiger partial charge in [0, 0.05) is 16.3 Å². The molecule has 22 heavy (non-hydrogen) atoms. The second kappa shape index (κ2) is 5.73. The smallest absolute Gasteiger partial charge is 0.138 e. The molecule has 0 aliphatic rings. The number of fused-ring (bicyclic) bond motifs is 2. The summed E-state index contributed by atoms with van der Waals surface area (Å²) >= 11 is 0. The van der Waals surface area contributed by atoms with Crippen molar-refractivity contribution in [2.75, 3.05) is 21.3 Å². The summed E-state index contributed by atoms with van der Waals surface area (Å²) in [5, 5.41) is 13.4. The number of benzene rings is 3. The van der Waals surface area contributed by atoms with Gasteiger partial charge in [-0.05, 0) is 17.5 Å². The Morgan fingerprint density at radius 3 is 2.23 bits per heavy atom. The number of aliphatic hydroxyl groups is 1. The first-order valence-electron chi connectivity index (χ1n) is 6.99. The molecule has 0 saturated carbocycles. The standard InChI is InChI=1S/C18H18O4/c1-20-15-9-12(10-19)17(21-2)14-8-11-6-4-5-7-13(11)18(22-3)16(14)15/h4-9,19H,10H2,1-3H3. The number of hydrogen-bond acceptors (Lipinski definition) is 4. The monoisotopic (exact) mass is 298 g/mol. The maximum Gasteiger partial charge on any atom is 0.138 e. The minimum atomic E-state index is -0.120. The number of rotatable bonds is 4. The van der Waals surface area contributed by atoms with Gasteiger partial charge in [0.15, 0.2) is 0 Å². The van der Waals surface area contributed by atoms with Gasteiger partial charge in [0.1, 0.15) is 17.2 Å². The van der Waals surface area contributed by atoms with E-state index < -0.39 is 0 Å². The first-order chi connectivity index (χ1) is 10.7. The summed E-state index contributed by atoms with van der Waals surface area (Å²) in [5.41, 5.74) is 0.684. The molecule has 0 saturated heterocycles. The highest BCUT2D eigenvalue weighted by atomic mass is 16.5. The summed E-state index contributed by atoms with van der Waals surface area (Å²) in [7, 11) is 4.85. The minimum absolute atomic E-state index is 0.120. The topological polar surface area (TPSA) is 47.9 Å². The number of hydrogen-bond donors (Lipinski definition) is 1. The molecule has 3 rings (SSSR count). The van der Waals surface area contributed by atoms with Crippen molar-refractivity contribution < 1.29 is 19.3 Å². The molecule has 3 aromatic carbocycles. The van der Waals surface area contributed by atoms with Crippen LogP contribution in [-0.2, 0) is 6.61 Å². The van der Waals surface area contributed by atoms with E-state index in [-0.39, 0.29) is 6.61 Å². The highest BCUT2D eigenvalue weighted by Crippen LogP contribution is 2.45. The third kappa shape index (κ3) is 2.04. The molecule has 4 nitrogen and oxygen atoms in total. The van der Waals surface area contributed by atoms with E-state index in [2.05, 4.69) is 0 Å². The van der Waals surface area contributed by atoms with Gasteiger partial charge in [0.2, 0.25) is 0 Å². The molecule has 0 aliphatic carbocycles. The van der Waals surface area contributed by atoms with Gasteiger partial charge in [-0.1, -0.05) is 24.3 Å². The molecule has 0 unspecified atom stereocenters. The second-order valence-corrected chi connectivity index (χ2v) is 4.98. The van der Waals surface area contributed by atoms with Crippen LogP contribution in [0, 0.1) is 0 Å². The largest absolute Gasteiger partial charge is 0.496 e. The van der Waals surface area contributed by atoms with Crippen LogP contribution in [0.3, 0.4) is 0 Å². The van der Waals surface area contributed by atoms with Crippen molar-refractivity contribution in [3.05, 3.63) is 42.0 Å². The van der Waals surface area contributed by atoms with Crippen molar-refractivity contribution >= 4 is 21.5 Å². The summed E-state index contributed by atoms with van der Waals surface area (Å²) in [6.45, 7) is -0.120. The molecule has 0 heterocycles.